The molecule has 0 radical (unpaired) electrons. The van der Waals surface area contributed by atoms with Crippen LogP contribution in [0.4, 0.5) is 10.5 Å². The van der Waals surface area contributed by atoms with Crippen LogP contribution in [0.1, 0.15) is 133 Å². The zero-order chi connectivity index (χ0) is 53.3. The summed E-state index contributed by atoms with van der Waals surface area (Å²) in [7, 11) is 3.60. The lowest BCUT2D eigenvalue weighted by molar-refractivity contribution is -0.142. The van der Waals surface area contributed by atoms with Crippen LogP contribution in [0.5, 0.6) is 0 Å². The number of imide groups is 1. The molecule has 20 nitrogen and oxygen atoms in total. The van der Waals surface area contributed by atoms with Crippen molar-refractivity contribution in [3.63, 3.8) is 0 Å². The smallest absolute Gasteiger partial charge is 0.407 e. The Morgan fingerprint density at radius 3 is 2.19 bits per heavy atom. The molecule has 3 heterocycles. The number of anilines is 1. The van der Waals surface area contributed by atoms with Gasteiger partial charge in [0.1, 0.15) is 16.7 Å². The highest BCUT2D eigenvalue weighted by atomic mass is 32.1. The number of aliphatic carboxylic acids is 1. The Labute approximate surface area is 426 Å². The summed E-state index contributed by atoms with van der Waals surface area (Å²) in [6.45, 7) is 14.1. The highest BCUT2D eigenvalue weighted by Crippen LogP contribution is 2.32. The number of likely N-dealkylation sites (tertiary alicyclic amines) is 1. The third-order valence-electron chi connectivity index (χ3n) is 13.7. The summed E-state index contributed by atoms with van der Waals surface area (Å²) in [6, 6.07) is 4.84. The second-order valence-corrected chi connectivity index (χ2v) is 20.4. The van der Waals surface area contributed by atoms with E-state index in [2.05, 4.69) is 31.6 Å². The van der Waals surface area contributed by atoms with Crippen LogP contribution in [-0.2, 0) is 44.7 Å². The van der Waals surface area contributed by atoms with Gasteiger partial charge in [0.15, 0.2) is 6.10 Å². The summed E-state index contributed by atoms with van der Waals surface area (Å²) in [6.07, 6.45) is 5.30. The topological polar surface area (TPSA) is 266 Å². The van der Waals surface area contributed by atoms with E-state index in [0.717, 1.165) is 34.8 Å². The maximum Gasteiger partial charge on any atom is 0.407 e. The second kappa shape index (κ2) is 27.6. The summed E-state index contributed by atoms with van der Waals surface area (Å²) < 4.78 is 5.93. The van der Waals surface area contributed by atoms with Gasteiger partial charge in [-0.2, -0.15) is 0 Å². The zero-order valence-electron chi connectivity index (χ0n) is 43.2. The van der Waals surface area contributed by atoms with E-state index in [1.165, 1.54) is 17.5 Å². The number of ether oxygens (including phenoxy) is 1. The fraction of sp³-hybridized carbons (Fsp3) is 0.608. The van der Waals surface area contributed by atoms with Gasteiger partial charge in [-0.3, -0.25) is 48.2 Å². The molecule has 0 bridgehead atoms. The molecule has 2 aromatic rings. The molecule has 6 unspecified atom stereocenters. The van der Waals surface area contributed by atoms with Crippen LogP contribution in [0.25, 0.3) is 0 Å². The van der Waals surface area contributed by atoms with Crippen LogP contribution in [0.3, 0.4) is 0 Å². The largest absolute Gasteiger partial charge is 0.481 e. The van der Waals surface area contributed by atoms with Gasteiger partial charge >= 0.3 is 12.1 Å². The average Bonchev–Trinajstić information content (AvgIpc) is 4.06. The Morgan fingerprint density at radius 1 is 0.917 bits per heavy atom. The molecular weight excluding hydrogens is 947 g/mol. The molecule has 8 amide bonds. The Balaban J connectivity index is 1.40. The van der Waals surface area contributed by atoms with E-state index in [1.807, 2.05) is 46.6 Å². The monoisotopic (exact) mass is 1020 g/mol. The number of aromatic nitrogens is 1. The number of unbranched alkanes of at least 4 members (excludes halogenated alkanes) is 2. The summed E-state index contributed by atoms with van der Waals surface area (Å²) in [5.41, 5.74) is 0.483. The molecule has 1 saturated heterocycles. The maximum absolute atomic E-state index is 14.4. The van der Waals surface area contributed by atoms with Gasteiger partial charge in [0, 0.05) is 68.3 Å². The van der Waals surface area contributed by atoms with E-state index in [9.17, 15) is 48.3 Å². The van der Waals surface area contributed by atoms with Crippen molar-refractivity contribution in [3.05, 3.63) is 58.1 Å². The number of rotatable bonds is 28. The number of hydrogen-bond acceptors (Lipinski definition) is 13. The number of hydrogen-bond donors (Lipinski definition) is 6. The molecule has 72 heavy (non-hydrogen) atoms. The Kier molecular flexibility index (Phi) is 22.3. The molecule has 0 spiro atoms. The number of amides is 8. The minimum atomic E-state index is -1.04. The SMILES string of the molecule is CCNC(=O)OC(CC(C(C)C)N(C)C(=O)C(NC(=O)[C@@]1(C)CCCN1C)C(C)CC)c1nc(C(=O)NC(Cc2ccc(NC(=O)CNC(=O)CCCCCN3C(=O)C=CC3=O)cc2)CC(C)C(=O)O)cs1. The number of benzene rings is 1. The van der Waals surface area contributed by atoms with Gasteiger partial charge in [0.05, 0.1) is 18.0 Å². The number of carbonyl (C=O) groups excluding carboxylic acids is 8. The molecule has 7 atom stereocenters. The fourth-order valence-corrected chi connectivity index (χ4v) is 9.58. The predicted molar refractivity (Wildman–Crippen MR) is 271 cm³/mol. The summed E-state index contributed by atoms with van der Waals surface area (Å²) in [5, 5.41) is 25.6. The van der Waals surface area contributed by atoms with E-state index in [4.69, 9.17) is 4.74 Å². The normalized spacial score (nSPS) is 18.2. The Morgan fingerprint density at radius 2 is 1.60 bits per heavy atom. The zero-order valence-corrected chi connectivity index (χ0v) is 44.0. The van der Waals surface area contributed by atoms with Crippen LogP contribution in [0.2, 0.25) is 0 Å². The number of alkyl carbamates (subject to hydrolysis) is 1. The minimum Gasteiger partial charge on any atom is -0.481 e. The van der Waals surface area contributed by atoms with Crippen molar-refractivity contribution < 1.29 is 53.0 Å². The van der Waals surface area contributed by atoms with Gasteiger partial charge < -0.3 is 41.3 Å². The van der Waals surface area contributed by atoms with Crippen molar-refractivity contribution in [2.75, 3.05) is 45.6 Å². The molecule has 396 valence electrons. The fourth-order valence-electron chi connectivity index (χ4n) is 8.74. The lowest BCUT2D eigenvalue weighted by Crippen LogP contribution is -2.60. The average molecular weight is 1020 g/mol. The Hall–Kier alpha value is -6.22. The van der Waals surface area contributed by atoms with Crippen LogP contribution in [-0.4, -0.2) is 142 Å². The standard InChI is InChI=1S/C51H75N9O11S/c1-10-32(5)44(57-49(69)51(7)23-15-24-58(51)8)47(66)59(9)38(31(3)4)28-39(71-50(70)52-11-2)46-56-37(30-72-46)45(65)55-36(26-33(6)48(67)68)27-34-17-19-35(20-18-34)54-41(62)29-53-40(61)16-13-12-14-25-60-42(63)21-22-43(60)64/h17-22,30-33,36,38-39,44H,10-16,23-29H2,1-9H3,(H,52,70)(H,53,61)(H,54,62)(H,55,65)(H,57,69)(H,67,68)/t32?,33?,36?,38?,39?,44?,51-/m1/s1. The maximum atomic E-state index is 14.4. The van der Waals surface area contributed by atoms with Crippen molar-refractivity contribution in [1.82, 2.24) is 41.0 Å². The molecule has 4 rings (SSSR count). The lowest BCUT2D eigenvalue weighted by Gasteiger charge is -2.38. The van der Waals surface area contributed by atoms with E-state index < -0.39 is 59.6 Å². The van der Waals surface area contributed by atoms with Crippen molar-refractivity contribution in [2.45, 2.75) is 142 Å². The van der Waals surface area contributed by atoms with Crippen LogP contribution >= 0.6 is 11.3 Å². The number of nitrogens with one attached hydrogen (secondary N) is 5. The van der Waals surface area contributed by atoms with E-state index in [-0.39, 0.29) is 85.8 Å². The van der Waals surface area contributed by atoms with Crippen molar-refractivity contribution in [1.29, 1.82) is 0 Å². The molecule has 6 N–H and O–H groups in total. The quantitative estimate of drug-likeness (QED) is 0.0494. The second-order valence-electron chi connectivity index (χ2n) is 19.5. The first kappa shape index (κ1) is 58.4. The number of nitrogens with zero attached hydrogens (tertiary/aromatic N) is 4. The molecule has 2 aliphatic heterocycles. The molecule has 1 aromatic heterocycles. The number of thiazole rings is 1. The van der Waals surface area contributed by atoms with Crippen molar-refractivity contribution in [2.24, 2.45) is 17.8 Å². The number of carbonyl (C=O) groups is 9. The summed E-state index contributed by atoms with van der Waals surface area (Å²) in [4.78, 5) is 125. The van der Waals surface area contributed by atoms with E-state index in [0.29, 0.717) is 49.3 Å². The first-order chi connectivity index (χ1) is 34.1. The minimum absolute atomic E-state index is 0.0266. The number of likely N-dealkylation sites (N-methyl/N-ethyl adjacent to an activating group) is 2. The van der Waals surface area contributed by atoms with Gasteiger partial charge in [0.2, 0.25) is 23.6 Å². The van der Waals surface area contributed by atoms with Gasteiger partial charge in [-0.05, 0) is 95.5 Å². The van der Waals surface area contributed by atoms with Crippen LogP contribution in [0, 0.1) is 17.8 Å². The predicted octanol–water partition coefficient (Wildman–Crippen LogP) is 4.81. The molecule has 1 aromatic carbocycles. The molecule has 21 heteroatoms. The van der Waals surface area contributed by atoms with E-state index >= 15 is 0 Å². The van der Waals surface area contributed by atoms with Gasteiger partial charge in [-0.1, -0.05) is 59.6 Å². The summed E-state index contributed by atoms with van der Waals surface area (Å²) in [5.74, 6) is -4.66. The lowest BCUT2D eigenvalue weighted by atomic mass is 9.91. The Bertz CT molecular complexity index is 2250. The molecule has 0 aliphatic carbocycles. The first-order valence-corrected chi connectivity index (χ1v) is 25.9. The van der Waals surface area contributed by atoms with Crippen molar-refractivity contribution in [3.8, 4) is 0 Å². The highest BCUT2D eigenvalue weighted by Gasteiger charge is 2.44. The van der Waals surface area contributed by atoms with E-state index in [1.54, 1.807) is 50.1 Å². The van der Waals surface area contributed by atoms with Gasteiger partial charge in [-0.25, -0.2) is 9.78 Å². The number of carboxylic acid groups (broad SMARTS) is 1. The highest BCUT2D eigenvalue weighted by molar-refractivity contribution is 7.09. The van der Waals surface area contributed by atoms with Gasteiger partial charge in [0.25, 0.3) is 17.7 Å². The van der Waals surface area contributed by atoms with Crippen LogP contribution < -0.4 is 26.6 Å². The molecule has 0 saturated carbocycles. The summed E-state index contributed by atoms with van der Waals surface area (Å²) >= 11 is 1.11. The van der Waals surface area contributed by atoms with Crippen molar-refractivity contribution >= 4 is 70.4 Å². The first-order valence-electron chi connectivity index (χ1n) is 25.0. The van der Waals surface area contributed by atoms with Gasteiger partial charge in [-0.15, -0.1) is 11.3 Å². The number of carboxylic acids is 1. The molecule has 1 fully saturated rings. The molecule has 2 aliphatic rings. The molecular formula is C51H75N9O11S. The van der Waals surface area contributed by atoms with Crippen LogP contribution in [0.15, 0.2) is 41.8 Å². The third kappa shape index (κ3) is 16.7. The third-order valence-corrected chi connectivity index (χ3v) is 14.6.